The van der Waals surface area contributed by atoms with Gasteiger partial charge in [0.25, 0.3) is 0 Å². The topological polar surface area (TPSA) is 32.3 Å². The third-order valence-electron chi connectivity index (χ3n) is 4.36. The summed E-state index contributed by atoms with van der Waals surface area (Å²) in [5.41, 5.74) is 3.87. The smallest absolute Gasteiger partial charge is 0.222 e. The average Bonchev–Trinajstić information content (AvgIpc) is 2.46. The summed E-state index contributed by atoms with van der Waals surface area (Å²) in [7, 11) is 1.96. The van der Waals surface area contributed by atoms with E-state index in [2.05, 4.69) is 37.4 Å². The zero-order chi connectivity index (χ0) is 14.5. The zero-order valence-corrected chi connectivity index (χ0v) is 12.9. The number of amides is 1. The van der Waals surface area contributed by atoms with Gasteiger partial charge in [-0.25, -0.2) is 0 Å². The van der Waals surface area contributed by atoms with Crippen LogP contribution in [0.15, 0.2) is 18.2 Å². The second-order valence-electron chi connectivity index (χ2n) is 5.92. The third kappa shape index (κ3) is 3.83. The van der Waals surface area contributed by atoms with Crippen LogP contribution < -0.4 is 5.32 Å². The predicted octanol–water partition coefficient (Wildman–Crippen LogP) is 2.45. The quantitative estimate of drug-likeness (QED) is 0.914. The van der Waals surface area contributed by atoms with Crippen molar-refractivity contribution in [3.8, 4) is 0 Å². The number of carbonyl (C=O) groups excluding carboxylic acids is 1. The van der Waals surface area contributed by atoms with E-state index < -0.39 is 0 Å². The Labute approximate surface area is 122 Å². The molecule has 0 unspecified atom stereocenters. The van der Waals surface area contributed by atoms with Crippen molar-refractivity contribution in [2.75, 3.05) is 20.1 Å². The molecular formula is C17H26N2O. The SMILES string of the molecule is Cc1ccc(CCC(=O)N(C)C2CCNCC2)c(C)c1. The van der Waals surface area contributed by atoms with E-state index in [1.165, 1.54) is 16.7 Å². The summed E-state index contributed by atoms with van der Waals surface area (Å²) in [6.45, 7) is 6.29. The van der Waals surface area contributed by atoms with Gasteiger partial charge in [0.05, 0.1) is 0 Å². The molecule has 0 atom stereocenters. The summed E-state index contributed by atoms with van der Waals surface area (Å²) in [5.74, 6) is 0.275. The van der Waals surface area contributed by atoms with Crippen LogP contribution in [0.4, 0.5) is 0 Å². The van der Waals surface area contributed by atoms with Gasteiger partial charge in [-0.1, -0.05) is 23.8 Å². The average molecular weight is 274 g/mol. The van der Waals surface area contributed by atoms with Gasteiger partial charge in [-0.15, -0.1) is 0 Å². The molecule has 0 spiro atoms. The molecule has 0 aromatic heterocycles. The molecule has 0 aliphatic carbocycles. The maximum absolute atomic E-state index is 12.3. The Kier molecular flexibility index (Phi) is 5.18. The normalized spacial score (nSPS) is 16.1. The molecule has 1 amide bonds. The minimum absolute atomic E-state index is 0.275. The lowest BCUT2D eigenvalue weighted by Gasteiger charge is -2.31. The highest BCUT2D eigenvalue weighted by Gasteiger charge is 2.21. The Morgan fingerprint density at radius 3 is 2.65 bits per heavy atom. The van der Waals surface area contributed by atoms with Crippen molar-refractivity contribution in [2.24, 2.45) is 0 Å². The van der Waals surface area contributed by atoms with Crippen molar-refractivity contribution in [3.05, 3.63) is 34.9 Å². The Bertz CT molecular complexity index is 464. The van der Waals surface area contributed by atoms with Gasteiger partial charge in [-0.2, -0.15) is 0 Å². The highest BCUT2D eigenvalue weighted by atomic mass is 16.2. The monoisotopic (exact) mass is 274 g/mol. The summed E-state index contributed by atoms with van der Waals surface area (Å²) in [6.07, 6.45) is 3.61. The van der Waals surface area contributed by atoms with Crippen molar-refractivity contribution >= 4 is 5.91 Å². The Morgan fingerprint density at radius 1 is 1.30 bits per heavy atom. The maximum atomic E-state index is 12.3. The molecular weight excluding hydrogens is 248 g/mol. The minimum Gasteiger partial charge on any atom is -0.343 e. The minimum atomic E-state index is 0.275. The van der Waals surface area contributed by atoms with Crippen molar-refractivity contribution in [3.63, 3.8) is 0 Å². The molecule has 1 saturated heterocycles. The van der Waals surface area contributed by atoms with Crippen LogP contribution in [0.1, 0.15) is 36.0 Å². The summed E-state index contributed by atoms with van der Waals surface area (Å²) in [5, 5.41) is 3.34. The first-order valence-electron chi connectivity index (χ1n) is 7.60. The highest BCUT2D eigenvalue weighted by molar-refractivity contribution is 5.76. The van der Waals surface area contributed by atoms with E-state index >= 15 is 0 Å². The lowest BCUT2D eigenvalue weighted by Crippen LogP contribution is -2.44. The number of rotatable bonds is 4. The molecule has 3 heteroatoms. The first kappa shape index (κ1) is 15.0. The fourth-order valence-corrected chi connectivity index (χ4v) is 2.94. The van der Waals surface area contributed by atoms with Gasteiger partial charge in [-0.3, -0.25) is 4.79 Å². The van der Waals surface area contributed by atoms with Crippen molar-refractivity contribution in [1.82, 2.24) is 10.2 Å². The standard InChI is InChI=1S/C17H26N2O/c1-13-4-5-15(14(2)12-13)6-7-17(20)19(3)16-8-10-18-11-9-16/h4-5,12,16,18H,6-11H2,1-3H3. The second kappa shape index (κ2) is 6.89. The summed E-state index contributed by atoms with van der Waals surface area (Å²) in [6, 6.07) is 6.89. The molecule has 1 aromatic rings. The maximum Gasteiger partial charge on any atom is 0.222 e. The van der Waals surface area contributed by atoms with Crippen molar-refractivity contribution in [1.29, 1.82) is 0 Å². The summed E-state index contributed by atoms with van der Waals surface area (Å²) < 4.78 is 0. The van der Waals surface area contributed by atoms with E-state index in [-0.39, 0.29) is 5.91 Å². The Balaban J connectivity index is 1.87. The molecule has 1 heterocycles. The number of carbonyl (C=O) groups is 1. The van der Waals surface area contributed by atoms with Gasteiger partial charge in [0.2, 0.25) is 5.91 Å². The second-order valence-corrected chi connectivity index (χ2v) is 5.92. The number of aryl methyl sites for hydroxylation is 3. The Morgan fingerprint density at radius 2 is 2.00 bits per heavy atom. The van der Waals surface area contributed by atoms with Crippen LogP contribution in [0, 0.1) is 13.8 Å². The molecule has 3 nitrogen and oxygen atoms in total. The van der Waals surface area contributed by atoms with Gasteiger partial charge < -0.3 is 10.2 Å². The fraction of sp³-hybridized carbons (Fsp3) is 0.588. The molecule has 2 rings (SSSR count). The molecule has 20 heavy (non-hydrogen) atoms. The van der Waals surface area contributed by atoms with Crippen LogP contribution in [0.2, 0.25) is 0 Å². The van der Waals surface area contributed by atoms with E-state index in [1.54, 1.807) is 0 Å². The van der Waals surface area contributed by atoms with E-state index in [9.17, 15) is 4.79 Å². The van der Waals surface area contributed by atoms with Crippen molar-refractivity contribution < 1.29 is 4.79 Å². The molecule has 1 aliphatic rings. The molecule has 0 bridgehead atoms. The number of hydrogen-bond donors (Lipinski definition) is 1. The fourth-order valence-electron chi connectivity index (χ4n) is 2.94. The molecule has 1 fully saturated rings. The van der Waals surface area contributed by atoms with E-state index in [0.29, 0.717) is 12.5 Å². The van der Waals surface area contributed by atoms with Crippen LogP contribution in [0.3, 0.4) is 0 Å². The zero-order valence-electron chi connectivity index (χ0n) is 12.9. The lowest BCUT2D eigenvalue weighted by atomic mass is 10.0. The molecule has 1 aromatic carbocycles. The predicted molar refractivity (Wildman–Crippen MR) is 82.9 cm³/mol. The highest BCUT2D eigenvalue weighted by Crippen LogP contribution is 2.15. The van der Waals surface area contributed by atoms with Crippen LogP contribution >= 0.6 is 0 Å². The number of hydrogen-bond acceptors (Lipinski definition) is 2. The first-order chi connectivity index (χ1) is 9.58. The van der Waals surface area contributed by atoms with E-state index in [1.807, 2.05) is 11.9 Å². The largest absolute Gasteiger partial charge is 0.343 e. The van der Waals surface area contributed by atoms with E-state index in [4.69, 9.17) is 0 Å². The van der Waals surface area contributed by atoms with Gasteiger partial charge in [-0.05, 0) is 57.3 Å². The molecule has 0 radical (unpaired) electrons. The molecule has 110 valence electrons. The lowest BCUT2D eigenvalue weighted by molar-refractivity contribution is -0.132. The van der Waals surface area contributed by atoms with Gasteiger partial charge in [0.15, 0.2) is 0 Å². The van der Waals surface area contributed by atoms with Gasteiger partial charge in [0, 0.05) is 19.5 Å². The number of nitrogens with zero attached hydrogens (tertiary/aromatic N) is 1. The first-order valence-corrected chi connectivity index (χ1v) is 7.60. The summed E-state index contributed by atoms with van der Waals surface area (Å²) in [4.78, 5) is 14.3. The van der Waals surface area contributed by atoms with Crippen LogP contribution in [0.5, 0.6) is 0 Å². The van der Waals surface area contributed by atoms with Crippen LogP contribution in [-0.2, 0) is 11.2 Å². The molecule has 1 aliphatic heterocycles. The van der Waals surface area contributed by atoms with Crippen molar-refractivity contribution in [2.45, 2.75) is 45.6 Å². The van der Waals surface area contributed by atoms with Crippen LogP contribution in [0.25, 0.3) is 0 Å². The molecule has 0 saturated carbocycles. The Hall–Kier alpha value is -1.35. The summed E-state index contributed by atoms with van der Waals surface area (Å²) >= 11 is 0. The molecule has 1 N–H and O–H groups in total. The number of nitrogens with one attached hydrogen (secondary N) is 1. The van der Waals surface area contributed by atoms with Gasteiger partial charge >= 0.3 is 0 Å². The van der Waals surface area contributed by atoms with E-state index in [0.717, 1.165) is 32.4 Å². The number of piperidine rings is 1. The van der Waals surface area contributed by atoms with Gasteiger partial charge in [0.1, 0.15) is 0 Å². The third-order valence-corrected chi connectivity index (χ3v) is 4.36. The van der Waals surface area contributed by atoms with Crippen LogP contribution in [-0.4, -0.2) is 37.0 Å². The number of benzene rings is 1.